The van der Waals surface area contributed by atoms with Gasteiger partial charge in [-0.2, -0.15) is 0 Å². The lowest BCUT2D eigenvalue weighted by Crippen LogP contribution is -1.99. The SMILES string of the molecule is CC(C)c1nc(-c2ncc(Cl)cc2Cl)sc1CN. The molecule has 0 aliphatic heterocycles. The lowest BCUT2D eigenvalue weighted by atomic mass is 10.1. The minimum absolute atomic E-state index is 0.333. The molecule has 96 valence electrons. The Morgan fingerprint density at radius 1 is 1.39 bits per heavy atom. The Bertz CT molecular complexity index is 566. The van der Waals surface area contributed by atoms with Crippen molar-refractivity contribution in [3.63, 3.8) is 0 Å². The number of hydrogen-bond donors (Lipinski definition) is 1. The van der Waals surface area contributed by atoms with Crippen LogP contribution in [0.5, 0.6) is 0 Å². The molecule has 2 heterocycles. The van der Waals surface area contributed by atoms with Crippen molar-refractivity contribution in [3.8, 4) is 10.7 Å². The molecule has 0 bridgehead atoms. The van der Waals surface area contributed by atoms with E-state index in [2.05, 4.69) is 23.8 Å². The molecule has 0 unspecified atom stereocenters. The highest BCUT2D eigenvalue weighted by atomic mass is 35.5. The van der Waals surface area contributed by atoms with Gasteiger partial charge in [0.2, 0.25) is 0 Å². The number of pyridine rings is 1. The van der Waals surface area contributed by atoms with E-state index in [0.717, 1.165) is 15.6 Å². The summed E-state index contributed by atoms with van der Waals surface area (Å²) in [5, 5.41) is 1.82. The third-order valence-electron chi connectivity index (χ3n) is 2.47. The number of halogens is 2. The van der Waals surface area contributed by atoms with Crippen molar-refractivity contribution in [2.75, 3.05) is 0 Å². The van der Waals surface area contributed by atoms with Crippen molar-refractivity contribution < 1.29 is 0 Å². The van der Waals surface area contributed by atoms with Gasteiger partial charge in [0, 0.05) is 17.6 Å². The summed E-state index contributed by atoms with van der Waals surface area (Å²) in [6.45, 7) is 4.67. The van der Waals surface area contributed by atoms with E-state index in [0.29, 0.717) is 28.2 Å². The lowest BCUT2D eigenvalue weighted by Gasteiger charge is -2.02. The topological polar surface area (TPSA) is 51.8 Å². The van der Waals surface area contributed by atoms with Crippen molar-refractivity contribution in [1.29, 1.82) is 0 Å². The zero-order valence-electron chi connectivity index (χ0n) is 10.1. The van der Waals surface area contributed by atoms with Crippen LogP contribution in [0.1, 0.15) is 30.3 Å². The zero-order valence-corrected chi connectivity index (χ0v) is 12.4. The fourth-order valence-electron chi connectivity index (χ4n) is 1.63. The third-order valence-corrected chi connectivity index (χ3v) is 4.07. The van der Waals surface area contributed by atoms with Crippen molar-refractivity contribution in [3.05, 3.63) is 32.9 Å². The van der Waals surface area contributed by atoms with E-state index in [-0.39, 0.29) is 0 Å². The highest BCUT2D eigenvalue weighted by molar-refractivity contribution is 7.15. The van der Waals surface area contributed by atoms with Crippen LogP contribution >= 0.6 is 34.5 Å². The summed E-state index contributed by atoms with van der Waals surface area (Å²) in [7, 11) is 0. The van der Waals surface area contributed by atoms with Crippen molar-refractivity contribution in [1.82, 2.24) is 9.97 Å². The van der Waals surface area contributed by atoms with Gasteiger partial charge in [0.25, 0.3) is 0 Å². The first-order valence-electron chi connectivity index (χ1n) is 5.54. The van der Waals surface area contributed by atoms with Crippen molar-refractivity contribution in [2.24, 2.45) is 5.73 Å². The fourth-order valence-corrected chi connectivity index (χ4v) is 3.27. The van der Waals surface area contributed by atoms with Crippen LogP contribution in [0.25, 0.3) is 10.7 Å². The second-order valence-corrected chi connectivity index (χ2v) is 6.10. The monoisotopic (exact) mass is 301 g/mol. The molecule has 0 aliphatic rings. The molecule has 0 aliphatic carbocycles. The molecule has 2 aromatic heterocycles. The maximum atomic E-state index is 6.14. The zero-order chi connectivity index (χ0) is 13.3. The Morgan fingerprint density at radius 3 is 2.61 bits per heavy atom. The molecule has 0 saturated heterocycles. The van der Waals surface area contributed by atoms with Crippen LogP contribution in [0.2, 0.25) is 10.0 Å². The van der Waals surface area contributed by atoms with Crippen LogP contribution < -0.4 is 5.73 Å². The molecule has 0 atom stereocenters. The molecule has 18 heavy (non-hydrogen) atoms. The molecule has 2 rings (SSSR count). The van der Waals surface area contributed by atoms with Gasteiger partial charge < -0.3 is 5.73 Å². The smallest absolute Gasteiger partial charge is 0.143 e. The Labute approximate surface area is 120 Å². The average molecular weight is 302 g/mol. The molecular weight excluding hydrogens is 289 g/mol. The van der Waals surface area contributed by atoms with Gasteiger partial charge in [0.15, 0.2) is 0 Å². The summed E-state index contributed by atoms with van der Waals surface area (Å²) in [6.07, 6.45) is 1.57. The summed E-state index contributed by atoms with van der Waals surface area (Å²) in [5.41, 5.74) is 7.42. The first kappa shape index (κ1) is 13.7. The van der Waals surface area contributed by atoms with Crippen LogP contribution in [-0.4, -0.2) is 9.97 Å². The fraction of sp³-hybridized carbons (Fsp3) is 0.333. The second kappa shape index (κ2) is 5.53. The van der Waals surface area contributed by atoms with E-state index in [1.807, 2.05) is 0 Å². The van der Waals surface area contributed by atoms with Gasteiger partial charge in [0.05, 0.1) is 15.7 Å². The molecule has 0 aromatic carbocycles. The first-order chi connectivity index (χ1) is 8.52. The lowest BCUT2D eigenvalue weighted by molar-refractivity contribution is 0.813. The van der Waals surface area contributed by atoms with Crippen LogP contribution in [-0.2, 0) is 6.54 Å². The standard InChI is InChI=1S/C12H13Cl2N3S/c1-6(2)10-9(4-15)18-12(17-10)11-8(14)3-7(13)5-16-11/h3,5-6H,4,15H2,1-2H3. The van der Waals surface area contributed by atoms with E-state index in [1.54, 1.807) is 12.3 Å². The number of thiazole rings is 1. The number of hydrogen-bond acceptors (Lipinski definition) is 4. The second-order valence-electron chi connectivity index (χ2n) is 4.17. The van der Waals surface area contributed by atoms with Crippen molar-refractivity contribution in [2.45, 2.75) is 26.3 Å². The molecule has 3 nitrogen and oxygen atoms in total. The number of nitrogens with zero attached hydrogens (tertiary/aromatic N) is 2. The van der Waals surface area contributed by atoms with Gasteiger partial charge in [-0.1, -0.05) is 37.0 Å². The van der Waals surface area contributed by atoms with Crippen molar-refractivity contribution >= 4 is 34.5 Å². The summed E-state index contributed by atoms with van der Waals surface area (Å²) in [5.74, 6) is 0.333. The minimum Gasteiger partial charge on any atom is -0.326 e. The molecular formula is C12H13Cl2N3S. The Kier molecular flexibility index (Phi) is 4.22. The quantitative estimate of drug-likeness (QED) is 0.929. The molecule has 0 saturated carbocycles. The summed E-state index contributed by atoms with van der Waals surface area (Å²) in [6, 6.07) is 1.67. The van der Waals surface area contributed by atoms with Gasteiger partial charge in [-0.3, -0.25) is 4.98 Å². The maximum Gasteiger partial charge on any atom is 0.143 e. The Hall–Kier alpha value is -0.680. The normalized spacial score (nSPS) is 11.2. The van der Waals surface area contributed by atoms with E-state index < -0.39 is 0 Å². The summed E-state index contributed by atoms with van der Waals surface area (Å²) < 4.78 is 0. The van der Waals surface area contributed by atoms with E-state index >= 15 is 0 Å². The number of nitrogens with two attached hydrogens (primary N) is 1. The maximum absolute atomic E-state index is 6.14. The largest absolute Gasteiger partial charge is 0.326 e. The van der Waals surface area contributed by atoms with Gasteiger partial charge >= 0.3 is 0 Å². The van der Waals surface area contributed by atoms with Gasteiger partial charge in [-0.25, -0.2) is 4.98 Å². The first-order valence-corrected chi connectivity index (χ1v) is 7.11. The van der Waals surface area contributed by atoms with Gasteiger partial charge in [-0.15, -0.1) is 11.3 Å². The minimum atomic E-state index is 0.333. The molecule has 0 spiro atoms. The van der Waals surface area contributed by atoms with Crippen LogP contribution in [0, 0.1) is 0 Å². The molecule has 0 amide bonds. The predicted molar refractivity (Wildman–Crippen MR) is 77.3 cm³/mol. The van der Waals surface area contributed by atoms with Crippen LogP contribution in [0.3, 0.4) is 0 Å². The van der Waals surface area contributed by atoms with Gasteiger partial charge in [-0.05, 0) is 12.0 Å². The molecule has 0 radical (unpaired) electrons. The molecule has 6 heteroatoms. The highest BCUT2D eigenvalue weighted by Gasteiger charge is 2.16. The number of rotatable bonds is 3. The average Bonchev–Trinajstić information content (AvgIpc) is 2.73. The van der Waals surface area contributed by atoms with Crippen LogP contribution in [0.15, 0.2) is 12.3 Å². The molecule has 2 aromatic rings. The summed E-state index contributed by atoms with van der Waals surface area (Å²) in [4.78, 5) is 9.91. The third kappa shape index (κ3) is 2.67. The van der Waals surface area contributed by atoms with Crippen LogP contribution in [0.4, 0.5) is 0 Å². The Morgan fingerprint density at radius 2 is 2.11 bits per heavy atom. The van der Waals surface area contributed by atoms with E-state index in [1.165, 1.54) is 11.3 Å². The Balaban J connectivity index is 2.51. The van der Waals surface area contributed by atoms with E-state index in [9.17, 15) is 0 Å². The molecule has 2 N–H and O–H groups in total. The summed E-state index contributed by atoms with van der Waals surface area (Å²) >= 11 is 13.5. The molecule has 0 fully saturated rings. The number of aromatic nitrogens is 2. The highest BCUT2D eigenvalue weighted by Crippen LogP contribution is 2.34. The van der Waals surface area contributed by atoms with Gasteiger partial charge in [0.1, 0.15) is 10.7 Å². The predicted octanol–water partition coefficient (Wildman–Crippen LogP) is 4.09. The van der Waals surface area contributed by atoms with E-state index in [4.69, 9.17) is 28.9 Å².